The quantitative estimate of drug-likeness (QED) is 0.455. The molecule has 27 heavy (non-hydrogen) atoms. The van der Waals surface area contributed by atoms with E-state index in [4.69, 9.17) is 0 Å². The summed E-state index contributed by atoms with van der Waals surface area (Å²) in [5, 5.41) is 6.09. The highest BCUT2D eigenvalue weighted by Gasteiger charge is 2.42. The molecule has 2 unspecified atom stereocenters. The van der Waals surface area contributed by atoms with Gasteiger partial charge in [-0.2, -0.15) is 8.78 Å². The first kappa shape index (κ1) is 19.0. The zero-order valence-corrected chi connectivity index (χ0v) is 14.6. The smallest absolute Gasteiger partial charge is 0.387 e. The summed E-state index contributed by atoms with van der Waals surface area (Å²) in [6.07, 6.45) is 0.573. The molecule has 0 aromatic heterocycles. The first-order valence-corrected chi connectivity index (χ1v) is 8.43. The number of guanidine groups is 1. The summed E-state index contributed by atoms with van der Waals surface area (Å²) in [5.41, 5.74) is 0.606. The standard InChI is InChI=1S/C19H19F4N3O/c1-24-19(25-10-11-5-2-3-8-16(11)27-18(22)23)26-15-9-12(15)17-13(20)6-4-7-14(17)21/h2-8,12,15,18H,9-10H2,1H3,(H2,24,25,26). The van der Waals surface area contributed by atoms with Crippen molar-refractivity contribution in [3.63, 3.8) is 0 Å². The van der Waals surface area contributed by atoms with Crippen LogP contribution in [0.2, 0.25) is 0 Å². The predicted molar refractivity (Wildman–Crippen MR) is 93.9 cm³/mol. The van der Waals surface area contributed by atoms with Gasteiger partial charge in [0.15, 0.2) is 5.96 Å². The highest BCUT2D eigenvalue weighted by atomic mass is 19.3. The number of hydrogen-bond acceptors (Lipinski definition) is 2. The van der Waals surface area contributed by atoms with E-state index in [0.29, 0.717) is 17.9 Å². The van der Waals surface area contributed by atoms with Gasteiger partial charge in [0.25, 0.3) is 0 Å². The lowest BCUT2D eigenvalue weighted by molar-refractivity contribution is -0.0504. The number of halogens is 4. The van der Waals surface area contributed by atoms with Crippen LogP contribution in [0.5, 0.6) is 5.75 Å². The van der Waals surface area contributed by atoms with Crippen LogP contribution in [-0.4, -0.2) is 25.7 Å². The Labute approximate surface area is 154 Å². The van der Waals surface area contributed by atoms with Gasteiger partial charge in [-0.3, -0.25) is 4.99 Å². The molecule has 0 bridgehead atoms. The van der Waals surface area contributed by atoms with Crippen LogP contribution >= 0.6 is 0 Å². The van der Waals surface area contributed by atoms with Gasteiger partial charge in [-0.25, -0.2) is 8.78 Å². The average molecular weight is 381 g/mol. The number of ether oxygens (including phenoxy) is 1. The SMILES string of the molecule is CN=C(NCc1ccccc1OC(F)F)NC1CC1c1c(F)cccc1F. The lowest BCUT2D eigenvalue weighted by Gasteiger charge is -2.14. The van der Waals surface area contributed by atoms with E-state index in [0.717, 1.165) is 0 Å². The molecule has 0 amide bonds. The predicted octanol–water partition coefficient (Wildman–Crippen LogP) is 3.79. The first-order valence-electron chi connectivity index (χ1n) is 8.43. The van der Waals surface area contributed by atoms with Gasteiger partial charge < -0.3 is 15.4 Å². The van der Waals surface area contributed by atoms with Crippen LogP contribution in [0.1, 0.15) is 23.5 Å². The molecule has 1 saturated carbocycles. The number of nitrogens with zero attached hydrogens (tertiary/aromatic N) is 1. The van der Waals surface area contributed by atoms with Crippen molar-refractivity contribution in [2.45, 2.75) is 31.5 Å². The minimum absolute atomic E-state index is 0.0705. The summed E-state index contributed by atoms with van der Waals surface area (Å²) < 4.78 is 57.2. The van der Waals surface area contributed by atoms with Crippen LogP contribution < -0.4 is 15.4 Å². The Morgan fingerprint density at radius 2 is 1.85 bits per heavy atom. The van der Waals surface area contributed by atoms with Gasteiger partial charge in [-0.15, -0.1) is 0 Å². The van der Waals surface area contributed by atoms with Crippen LogP contribution in [0, 0.1) is 11.6 Å². The molecule has 0 heterocycles. The molecular formula is C19H19F4N3O. The fourth-order valence-corrected chi connectivity index (χ4v) is 2.95. The molecular weight excluding hydrogens is 362 g/mol. The lowest BCUT2D eigenvalue weighted by atomic mass is 10.1. The van der Waals surface area contributed by atoms with E-state index in [-0.39, 0.29) is 29.8 Å². The fraction of sp³-hybridized carbons (Fsp3) is 0.316. The Kier molecular flexibility index (Phi) is 5.83. The third-order valence-corrected chi connectivity index (χ3v) is 4.34. The molecule has 2 aromatic rings. The maximum Gasteiger partial charge on any atom is 0.387 e. The maximum absolute atomic E-state index is 13.9. The number of benzene rings is 2. The largest absolute Gasteiger partial charge is 0.434 e. The molecule has 3 rings (SSSR count). The molecule has 1 fully saturated rings. The lowest BCUT2D eigenvalue weighted by Crippen LogP contribution is -2.38. The number of rotatable bonds is 6. The van der Waals surface area contributed by atoms with E-state index in [2.05, 4.69) is 20.4 Å². The van der Waals surface area contributed by atoms with Gasteiger partial charge in [-0.1, -0.05) is 24.3 Å². The molecule has 0 spiro atoms. The highest BCUT2D eigenvalue weighted by molar-refractivity contribution is 5.80. The third-order valence-electron chi connectivity index (χ3n) is 4.34. The van der Waals surface area contributed by atoms with E-state index in [1.807, 2.05) is 0 Å². The molecule has 0 aliphatic heterocycles. The van der Waals surface area contributed by atoms with Crippen molar-refractivity contribution in [1.29, 1.82) is 0 Å². The van der Waals surface area contributed by atoms with Crippen molar-refractivity contribution in [1.82, 2.24) is 10.6 Å². The molecule has 2 aromatic carbocycles. The van der Waals surface area contributed by atoms with Gasteiger partial charge in [-0.05, 0) is 24.6 Å². The Hall–Kier alpha value is -2.77. The second-order valence-corrected chi connectivity index (χ2v) is 6.14. The van der Waals surface area contributed by atoms with Crippen molar-refractivity contribution >= 4 is 5.96 Å². The summed E-state index contributed by atoms with van der Waals surface area (Å²) in [5.74, 6) is -0.922. The Bertz CT molecular complexity index is 808. The number of alkyl halides is 2. The summed E-state index contributed by atoms with van der Waals surface area (Å²) in [6.45, 7) is -2.71. The van der Waals surface area contributed by atoms with E-state index in [9.17, 15) is 17.6 Å². The van der Waals surface area contributed by atoms with Crippen LogP contribution in [0.15, 0.2) is 47.5 Å². The third kappa shape index (κ3) is 4.69. The number of para-hydroxylation sites is 1. The number of aliphatic imine (C=N–C) groups is 1. The van der Waals surface area contributed by atoms with E-state index < -0.39 is 18.2 Å². The van der Waals surface area contributed by atoms with E-state index in [1.54, 1.807) is 25.2 Å². The molecule has 0 saturated heterocycles. The summed E-state index contributed by atoms with van der Waals surface area (Å²) >= 11 is 0. The Morgan fingerprint density at radius 3 is 2.52 bits per heavy atom. The Morgan fingerprint density at radius 1 is 1.15 bits per heavy atom. The maximum atomic E-state index is 13.9. The monoisotopic (exact) mass is 381 g/mol. The molecule has 4 nitrogen and oxygen atoms in total. The van der Waals surface area contributed by atoms with Crippen LogP contribution in [-0.2, 0) is 6.54 Å². The molecule has 1 aliphatic rings. The molecule has 8 heteroatoms. The summed E-state index contributed by atoms with van der Waals surface area (Å²) in [6, 6.07) is 10.1. The van der Waals surface area contributed by atoms with Gasteiger partial charge in [0.2, 0.25) is 0 Å². The second kappa shape index (κ2) is 8.28. The van der Waals surface area contributed by atoms with Gasteiger partial charge in [0.05, 0.1) is 0 Å². The fourth-order valence-electron chi connectivity index (χ4n) is 2.95. The van der Waals surface area contributed by atoms with Crippen molar-refractivity contribution in [2.75, 3.05) is 7.05 Å². The van der Waals surface area contributed by atoms with Crippen molar-refractivity contribution < 1.29 is 22.3 Å². The molecule has 1 aliphatic carbocycles. The van der Waals surface area contributed by atoms with E-state index in [1.165, 1.54) is 24.3 Å². The Balaban J connectivity index is 1.59. The van der Waals surface area contributed by atoms with Gasteiger partial charge in [0.1, 0.15) is 17.4 Å². The van der Waals surface area contributed by atoms with Crippen LogP contribution in [0.25, 0.3) is 0 Å². The van der Waals surface area contributed by atoms with Crippen LogP contribution in [0.3, 0.4) is 0 Å². The highest BCUT2D eigenvalue weighted by Crippen LogP contribution is 2.43. The molecule has 144 valence electrons. The summed E-state index contributed by atoms with van der Waals surface area (Å²) in [7, 11) is 1.55. The molecule has 0 radical (unpaired) electrons. The normalized spacial score (nSPS) is 19.1. The second-order valence-electron chi connectivity index (χ2n) is 6.14. The van der Waals surface area contributed by atoms with Gasteiger partial charge in [0, 0.05) is 36.7 Å². The minimum Gasteiger partial charge on any atom is -0.434 e. The van der Waals surface area contributed by atoms with Crippen molar-refractivity contribution in [2.24, 2.45) is 4.99 Å². The zero-order valence-electron chi connectivity index (χ0n) is 14.6. The summed E-state index contributed by atoms with van der Waals surface area (Å²) in [4.78, 5) is 4.06. The van der Waals surface area contributed by atoms with Gasteiger partial charge >= 0.3 is 6.61 Å². The minimum atomic E-state index is -2.91. The molecule has 2 N–H and O–H groups in total. The molecule has 2 atom stereocenters. The number of hydrogen-bond donors (Lipinski definition) is 2. The van der Waals surface area contributed by atoms with E-state index >= 15 is 0 Å². The first-order chi connectivity index (χ1) is 13.0. The zero-order chi connectivity index (χ0) is 19.4. The van der Waals surface area contributed by atoms with Crippen LogP contribution in [0.4, 0.5) is 17.6 Å². The average Bonchev–Trinajstić information content (AvgIpc) is 3.37. The topological polar surface area (TPSA) is 45.7 Å². The number of nitrogens with one attached hydrogen (secondary N) is 2. The van der Waals surface area contributed by atoms with Crippen molar-refractivity contribution in [3.05, 3.63) is 65.2 Å². The van der Waals surface area contributed by atoms with Crippen molar-refractivity contribution in [3.8, 4) is 5.75 Å².